The van der Waals surface area contributed by atoms with Gasteiger partial charge in [-0.3, -0.25) is 4.79 Å². The predicted molar refractivity (Wildman–Crippen MR) is 106 cm³/mol. The van der Waals surface area contributed by atoms with Crippen LogP contribution in [0.2, 0.25) is 0 Å². The number of anilines is 1. The summed E-state index contributed by atoms with van der Waals surface area (Å²) in [7, 11) is 1.61. The van der Waals surface area contributed by atoms with Crippen LogP contribution in [0.4, 0.5) is 10.1 Å². The van der Waals surface area contributed by atoms with E-state index in [9.17, 15) is 9.18 Å². The van der Waals surface area contributed by atoms with Crippen molar-refractivity contribution in [2.45, 2.75) is 0 Å². The van der Waals surface area contributed by atoms with Crippen LogP contribution in [0.3, 0.4) is 0 Å². The summed E-state index contributed by atoms with van der Waals surface area (Å²) in [6.07, 6.45) is 0. The van der Waals surface area contributed by atoms with E-state index < -0.39 is 0 Å². The van der Waals surface area contributed by atoms with Crippen molar-refractivity contribution < 1.29 is 13.9 Å². The summed E-state index contributed by atoms with van der Waals surface area (Å²) in [6, 6.07) is 13.9. The molecule has 0 atom stereocenters. The molecular weight excluding hydrogens is 379 g/mol. The number of carbonyl (C=O) groups excluding carboxylic acids is 1. The van der Waals surface area contributed by atoms with Crippen molar-refractivity contribution in [3.05, 3.63) is 59.2 Å². The Kier molecular flexibility index (Phi) is 5.21. The van der Waals surface area contributed by atoms with Gasteiger partial charge in [0, 0.05) is 37.4 Å². The van der Waals surface area contributed by atoms with Crippen LogP contribution < -0.4 is 9.64 Å². The second-order valence-electron chi connectivity index (χ2n) is 6.43. The van der Waals surface area contributed by atoms with Gasteiger partial charge in [-0.25, -0.2) is 4.39 Å². The van der Waals surface area contributed by atoms with Crippen molar-refractivity contribution in [1.82, 2.24) is 14.5 Å². The highest BCUT2D eigenvalue weighted by Gasteiger charge is 2.26. The lowest BCUT2D eigenvalue weighted by atomic mass is 10.1. The zero-order valence-corrected chi connectivity index (χ0v) is 16.2. The summed E-state index contributed by atoms with van der Waals surface area (Å²) in [4.78, 5) is 17.5. The largest absolute Gasteiger partial charge is 0.497 e. The number of ether oxygens (including phenoxy) is 1. The molecule has 144 valence electrons. The maximum Gasteiger partial charge on any atom is 0.268 e. The lowest BCUT2D eigenvalue weighted by Gasteiger charge is -2.36. The summed E-state index contributed by atoms with van der Waals surface area (Å²) in [5.41, 5.74) is 2.40. The van der Waals surface area contributed by atoms with E-state index in [0.29, 0.717) is 36.8 Å². The van der Waals surface area contributed by atoms with E-state index in [2.05, 4.69) is 14.5 Å². The quantitative estimate of drug-likeness (QED) is 0.675. The van der Waals surface area contributed by atoms with Crippen molar-refractivity contribution in [2.24, 2.45) is 0 Å². The Morgan fingerprint density at radius 3 is 2.36 bits per heavy atom. The van der Waals surface area contributed by atoms with Crippen LogP contribution in [0.15, 0.2) is 48.5 Å². The van der Waals surface area contributed by atoms with Crippen molar-refractivity contribution in [3.8, 4) is 17.0 Å². The van der Waals surface area contributed by atoms with Gasteiger partial charge in [0.1, 0.15) is 22.1 Å². The van der Waals surface area contributed by atoms with Crippen LogP contribution in [0.5, 0.6) is 5.75 Å². The Labute approximate surface area is 166 Å². The van der Waals surface area contributed by atoms with Gasteiger partial charge in [0.15, 0.2) is 0 Å². The highest BCUT2D eigenvalue weighted by atomic mass is 32.1. The van der Waals surface area contributed by atoms with Gasteiger partial charge in [-0.2, -0.15) is 0 Å². The van der Waals surface area contributed by atoms with Crippen molar-refractivity contribution in [2.75, 3.05) is 38.2 Å². The number of methoxy groups -OCH3 is 1. The second-order valence-corrected chi connectivity index (χ2v) is 7.19. The fourth-order valence-electron chi connectivity index (χ4n) is 3.23. The monoisotopic (exact) mass is 398 g/mol. The first-order valence-corrected chi connectivity index (χ1v) is 9.69. The minimum Gasteiger partial charge on any atom is -0.497 e. The molecule has 0 aliphatic carbocycles. The fourth-order valence-corrected chi connectivity index (χ4v) is 3.89. The average Bonchev–Trinajstić information content (AvgIpc) is 3.24. The first-order chi connectivity index (χ1) is 13.7. The lowest BCUT2D eigenvalue weighted by Crippen LogP contribution is -2.48. The van der Waals surface area contributed by atoms with E-state index in [0.717, 1.165) is 28.5 Å². The van der Waals surface area contributed by atoms with Crippen LogP contribution in [-0.4, -0.2) is 53.7 Å². The second kappa shape index (κ2) is 7.93. The van der Waals surface area contributed by atoms with Gasteiger partial charge < -0.3 is 14.5 Å². The lowest BCUT2D eigenvalue weighted by molar-refractivity contribution is 0.0752. The number of carbonyl (C=O) groups is 1. The number of benzene rings is 2. The number of aromatic nitrogens is 2. The van der Waals surface area contributed by atoms with E-state index in [4.69, 9.17) is 4.74 Å². The standard InChI is InChI=1S/C20H19FN4O2S/c1-27-17-8-2-14(3-9-17)18-19(28-23-22-18)20(26)25-12-10-24(11-13-25)16-6-4-15(21)5-7-16/h2-9H,10-13H2,1H3. The first kappa shape index (κ1) is 18.4. The Hall–Kier alpha value is -3.00. The Balaban J connectivity index is 1.46. The molecule has 0 spiro atoms. The number of hydrogen-bond donors (Lipinski definition) is 0. The minimum atomic E-state index is -0.249. The molecule has 0 N–H and O–H groups in total. The van der Waals surface area contributed by atoms with Gasteiger partial charge in [-0.05, 0) is 60.1 Å². The third-order valence-electron chi connectivity index (χ3n) is 4.80. The normalized spacial score (nSPS) is 14.2. The van der Waals surface area contributed by atoms with E-state index in [1.807, 2.05) is 29.2 Å². The van der Waals surface area contributed by atoms with E-state index in [1.54, 1.807) is 19.2 Å². The summed E-state index contributed by atoms with van der Waals surface area (Å²) in [5, 5.41) is 4.16. The fraction of sp³-hybridized carbons (Fsp3) is 0.250. The highest BCUT2D eigenvalue weighted by molar-refractivity contribution is 7.08. The molecule has 1 amide bonds. The van der Waals surface area contributed by atoms with Gasteiger partial charge in [-0.15, -0.1) is 5.10 Å². The molecule has 1 saturated heterocycles. The van der Waals surface area contributed by atoms with Gasteiger partial charge in [0.2, 0.25) is 0 Å². The molecule has 1 fully saturated rings. The molecule has 0 bridgehead atoms. The van der Waals surface area contributed by atoms with Crippen LogP contribution in [0.25, 0.3) is 11.3 Å². The maximum atomic E-state index is 13.1. The summed E-state index contributed by atoms with van der Waals surface area (Å²) in [5.74, 6) is 0.442. The maximum absolute atomic E-state index is 13.1. The topological polar surface area (TPSA) is 58.6 Å². The molecule has 6 nitrogen and oxygen atoms in total. The number of hydrogen-bond acceptors (Lipinski definition) is 6. The van der Waals surface area contributed by atoms with E-state index >= 15 is 0 Å². The summed E-state index contributed by atoms with van der Waals surface area (Å²) < 4.78 is 22.3. The smallest absolute Gasteiger partial charge is 0.268 e. The Bertz CT molecular complexity index is 951. The number of piperazine rings is 1. The Morgan fingerprint density at radius 2 is 1.71 bits per heavy atom. The van der Waals surface area contributed by atoms with Crippen molar-refractivity contribution >= 4 is 23.1 Å². The van der Waals surface area contributed by atoms with Gasteiger partial charge in [0.05, 0.1) is 7.11 Å². The van der Waals surface area contributed by atoms with E-state index in [-0.39, 0.29) is 11.7 Å². The molecule has 2 aromatic carbocycles. The molecule has 1 aliphatic rings. The molecule has 0 unspecified atom stereocenters. The van der Waals surface area contributed by atoms with E-state index in [1.165, 1.54) is 12.1 Å². The number of amides is 1. The first-order valence-electron chi connectivity index (χ1n) is 8.92. The Morgan fingerprint density at radius 1 is 1.04 bits per heavy atom. The molecular formula is C20H19FN4O2S. The van der Waals surface area contributed by atoms with Crippen LogP contribution in [0.1, 0.15) is 9.67 Å². The highest BCUT2D eigenvalue weighted by Crippen LogP contribution is 2.27. The van der Waals surface area contributed by atoms with Gasteiger partial charge in [0.25, 0.3) is 5.91 Å². The minimum absolute atomic E-state index is 0.0559. The zero-order valence-electron chi connectivity index (χ0n) is 15.3. The third-order valence-corrected chi connectivity index (χ3v) is 5.52. The zero-order chi connectivity index (χ0) is 19.5. The predicted octanol–water partition coefficient (Wildman–Crippen LogP) is 3.32. The summed E-state index contributed by atoms with van der Waals surface area (Å²) in [6.45, 7) is 2.58. The summed E-state index contributed by atoms with van der Waals surface area (Å²) >= 11 is 1.12. The average molecular weight is 398 g/mol. The van der Waals surface area contributed by atoms with Crippen LogP contribution >= 0.6 is 11.5 Å². The number of nitrogens with zero attached hydrogens (tertiary/aromatic N) is 4. The molecule has 0 radical (unpaired) electrons. The molecule has 8 heteroatoms. The molecule has 1 aliphatic heterocycles. The molecule has 1 aromatic heterocycles. The third kappa shape index (κ3) is 3.68. The molecule has 2 heterocycles. The molecule has 3 aromatic rings. The number of rotatable bonds is 4. The van der Waals surface area contributed by atoms with Crippen molar-refractivity contribution in [1.29, 1.82) is 0 Å². The van der Waals surface area contributed by atoms with Crippen LogP contribution in [0, 0.1) is 5.82 Å². The molecule has 28 heavy (non-hydrogen) atoms. The van der Waals surface area contributed by atoms with Crippen molar-refractivity contribution in [3.63, 3.8) is 0 Å². The molecule has 4 rings (SSSR count). The molecule has 0 saturated carbocycles. The SMILES string of the molecule is COc1ccc(-c2nnsc2C(=O)N2CCN(c3ccc(F)cc3)CC2)cc1. The van der Waals surface area contributed by atoms with Gasteiger partial charge >= 0.3 is 0 Å². The number of halogens is 1. The van der Waals surface area contributed by atoms with Crippen LogP contribution in [-0.2, 0) is 0 Å². The van der Waals surface area contributed by atoms with Gasteiger partial charge in [-0.1, -0.05) is 4.49 Å².